The van der Waals surface area contributed by atoms with Crippen LogP contribution < -0.4 is 16.6 Å². The monoisotopic (exact) mass is 523 g/mol. The molecule has 0 aromatic carbocycles. The van der Waals surface area contributed by atoms with Crippen LogP contribution >= 0.6 is 11.8 Å². The molecule has 1 saturated carbocycles. The van der Waals surface area contributed by atoms with Crippen LogP contribution in [0.4, 0.5) is 4.39 Å². The Labute approximate surface area is 214 Å². The second-order valence-corrected chi connectivity index (χ2v) is 10.9. The summed E-state index contributed by atoms with van der Waals surface area (Å²) in [6.45, 7) is 0. The van der Waals surface area contributed by atoms with Crippen LogP contribution in [0.1, 0.15) is 61.1 Å². The lowest BCUT2D eigenvalue weighted by atomic mass is 9.90. The first-order valence-corrected chi connectivity index (χ1v) is 13.7. The lowest BCUT2D eigenvalue weighted by Gasteiger charge is -2.31. The summed E-state index contributed by atoms with van der Waals surface area (Å²) >= 11 is 1.84. The van der Waals surface area contributed by atoms with E-state index in [1.807, 2.05) is 11.8 Å². The highest BCUT2D eigenvalue weighted by atomic mass is 32.2. The van der Waals surface area contributed by atoms with Crippen molar-refractivity contribution in [2.75, 3.05) is 11.5 Å². The molecular weight excluding hydrogens is 497 g/mol. The zero-order valence-corrected chi connectivity index (χ0v) is 20.9. The minimum absolute atomic E-state index is 0.0726. The number of hydrogen-bond donors (Lipinski definition) is 1. The molecular formula is C25H26FN7O3S. The third-order valence-electron chi connectivity index (χ3n) is 7.34. The van der Waals surface area contributed by atoms with E-state index in [0.717, 1.165) is 30.5 Å². The maximum atomic E-state index is 14.1. The van der Waals surface area contributed by atoms with Crippen LogP contribution in [0.15, 0.2) is 46.5 Å². The second-order valence-electron chi connectivity index (χ2n) is 9.63. The Balaban J connectivity index is 1.25. The molecule has 0 radical (unpaired) electrons. The van der Waals surface area contributed by atoms with E-state index in [0.29, 0.717) is 31.5 Å². The standard InChI is InChI=1S/C25H26FN7O3S/c26-15-12-19-21(28-13-15)32(18-6-10-37-11-7-18)25(36)33(23(19)35)17-4-2-16(3-5-17)29-22(34)20-14-31-9-1-8-27-24(31)30-20/h1,8-9,12-14,16-18H,2-7,10-11H2,(H,29,34). The molecule has 1 aliphatic heterocycles. The van der Waals surface area contributed by atoms with Crippen molar-refractivity contribution in [3.63, 3.8) is 0 Å². The summed E-state index contributed by atoms with van der Waals surface area (Å²) < 4.78 is 18.7. The van der Waals surface area contributed by atoms with Gasteiger partial charge in [0.1, 0.15) is 17.2 Å². The number of carbonyl (C=O) groups excluding carboxylic acids is 1. The van der Waals surface area contributed by atoms with Crippen molar-refractivity contribution in [1.29, 1.82) is 0 Å². The molecule has 5 heterocycles. The van der Waals surface area contributed by atoms with E-state index < -0.39 is 11.4 Å². The second kappa shape index (κ2) is 9.73. The van der Waals surface area contributed by atoms with Gasteiger partial charge in [0.05, 0.1) is 11.6 Å². The van der Waals surface area contributed by atoms with Gasteiger partial charge in [0.15, 0.2) is 0 Å². The fraction of sp³-hybridized carbons (Fsp3) is 0.440. The quantitative estimate of drug-likeness (QED) is 0.437. The van der Waals surface area contributed by atoms with E-state index in [1.165, 1.54) is 10.6 Å². The smallest absolute Gasteiger partial charge is 0.333 e. The number of aromatic nitrogens is 6. The molecule has 4 aromatic rings. The summed E-state index contributed by atoms with van der Waals surface area (Å²) in [6, 6.07) is 2.44. The minimum Gasteiger partial charge on any atom is -0.348 e. The number of nitrogens with one attached hydrogen (secondary N) is 1. The highest BCUT2D eigenvalue weighted by Crippen LogP contribution is 2.30. The summed E-state index contributed by atoms with van der Waals surface area (Å²) in [5, 5.41) is 3.16. The van der Waals surface area contributed by atoms with Gasteiger partial charge >= 0.3 is 5.69 Å². The zero-order valence-electron chi connectivity index (χ0n) is 20.0. The molecule has 0 spiro atoms. The molecule has 1 amide bonds. The maximum Gasteiger partial charge on any atom is 0.333 e. The summed E-state index contributed by atoms with van der Waals surface area (Å²) in [4.78, 5) is 52.5. The molecule has 192 valence electrons. The number of imidazole rings is 1. The summed E-state index contributed by atoms with van der Waals surface area (Å²) in [7, 11) is 0. The van der Waals surface area contributed by atoms with Crippen LogP contribution in [0.2, 0.25) is 0 Å². The average molecular weight is 524 g/mol. The van der Waals surface area contributed by atoms with E-state index >= 15 is 0 Å². The molecule has 1 aliphatic carbocycles. The first kappa shape index (κ1) is 23.8. The largest absolute Gasteiger partial charge is 0.348 e. The number of nitrogens with zero attached hydrogens (tertiary/aromatic N) is 6. The topological polar surface area (TPSA) is 116 Å². The van der Waals surface area contributed by atoms with Crippen LogP contribution in [0.25, 0.3) is 16.8 Å². The third-order valence-corrected chi connectivity index (χ3v) is 8.39. The lowest BCUT2D eigenvalue weighted by Crippen LogP contribution is -2.46. The fourth-order valence-corrected chi connectivity index (χ4v) is 6.56. The van der Waals surface area contributed by atoms with Gasteiger partial charge in [-0.3, -0.25) is 23.1 Å². The molecule has 4 aromatic heterocycles. The molecule has 10 nitrogen and oxygen atoms in total. The first-order valence-electron chi connectivity index (χ1n) is 12.5. The Kier molecular flexibility index (Phi) is 6.27. The normalized spacial score (nSPS) is 20.9. The predicted molar refractivity (Wildman–Crippen MR) is 138 cm³/mol. The van der Waals surface area contributed by atoms with Gasteiger partial charge in [0, 0.05) is 36.7 Å². The number of rotatable bonds is 4. The minimum atomic E-state index is -0.603. The van der Waals surface area contributed by atoms with Gasteiger partial charge in [-0.05, 0) is 62.2 Å². The molecule has 6 rings (SSSR count). The average Bonchev–Trinajstić information content (AvgIpc) is 3.36. The number of thioether (sulfide) groups is 1. The lowest BCUT2D eigenvalue weighted by molar-refractivity contribution is 0.0917. The van der Waals surface area contributed by atoms with Gasteiger partial charge in [0.2, 0.25) is 5.78 Å². The van der Waals surface area contributed by atoms with Crippen LogP contribution in [0, 0.1) is 5.82 Å². The van der Waals surface area contributed by atoms with Gasteiger partial charge in [-0.25, -0.2) is 24.1 Å². The molecule has 2 aliphatic rings. The van der Waals surface area contributed by atoms with E-state index in [-0.39, 0.29) is 46.4 Å². The van der Waals surface area contributed by atoms with Gasteiger partial charge in [-0.1, -0.05) is 0 Å². The van der Waals surface area contributed by atoms with Crippen LogP contribution in [0.3, 0.4) is 0 Å². The SMILES string of the molecule is O=C(NC1CCC(n2c(=O)c3cc(F)cnc3n(C3CCSCC3)c2=O)CC1)c1cn2cccnc2n1. The van der Waals surface area contributed by atoms with Crippen LogP contribution in [-0.2, 0) is 0 Å². The predicted octanol–water partition coefficient (Wildman–Crippen LogP) is 2.72. The number of fused-ring (bicyclic) bond motifs is 2. The van der Waals surface area contributed by atoms with Crippen molar-refractivity contribution < 1.29 is 9.18 Å². The maximum absolute atomic E-state index is 14.1. The summed E-state index contributed by atoms with van der Waals surface area (Å²) in [5.41, 5.74) is -0.335. The van der Waals surface area contributed by atoms with Gasteiger partial charge in [-0.2, -0.15) is 11.8 Å². The molecule has 2 fully saturated rings. The van der Waals surface area contributed by atoms with Gasteiger partial charge in [-0.15, -0.1) is 0 Å². The van der Waals surface area contributed by atoms with Gasteiger partial charge in [0.25, 0.3) is 11.5 Å². The Morgan fingerprint density at radius 3 is 2.54 bits per heavy atom. The van der Waals surface area contributed by atoms with Crippen molar-refractivity contribution in [2.45, 2.75) is 56.7 Å². The third kappa shape index (κ3) is 4.43. The molecule has 37 heavy (non-hydrogen) atoms. The van der Waals surface area contributed by atoms with E-state index in [2.05, 4.69) is 20.3 Å². The molecule has 1 N–H and O–H groups in total. The van der Waals surface area contributed by atoms with Crippen molar-refractivity contribution in [3.8, 4) is 0 Å². The van der Waals surface area contributed by atoms with Crippen LogP contribution in [0.5, 0.6) is 0 Å². The molecule has 0 unspecified atom stereocenters. The van der Waals surface area contributed by atoms with Crippen molar-refractivity contribution >= 4 is 34.5 Å². The molecule has 12 heteroatoms. The highest BCUT2D eigenvalue weighted by molar-refractivity contribution is 7.99. The number of hydrogen-bond acceptors (Lipinski definition) is 7. The molecule has 0 bridgehead atoms. The summed E-state index contributed by atoms with van der Waals surface area (Å²) in [6.07, 6.45) is 9.99. The van der Waals surface area contributed by atoms with E-state index in [9.17, 15) is 18.8 Å². The number of pyridine rings is 1. The molecule has 1 saturated heterocycles. The number of amides is 1. The summed E-state index contributed by atoms with van der Waals surface area (Å²) in [5.74, 6) is 1.41. The van der Waals surface area contributed by atoms with Gasteiger partial charge < -0.3 is 5.32 Å². The Bertz CT molecular complexity index is 1570. The van der Waals surface area contributed by atoms with Crippen LogP contribution in [-0.4, -0.2) is 51.9 Å². The van der Waals surface area contributed by atoms with Crippen molar-refractivity contribution in [1.82, 2.24) is 33.8 Å². The van der Waals surface area contributed by atoms with E-state index in [4.69, 9.17) is 0 Å². The fourth-order valence-electron chi connectivity index (χ4n) is 5.48. The number of carbonyl (C=O) groups is 1. The number of halogens is 1. The van der Waals surface area contributed by atoms with E-state index in [1.54, 1.807) is 33.6 Å². The Hall–Kier alpha value is -3.54. The first-order chi connectivity index (χ1) is 18.0. The van der Waals surface area contributed by atoms with Crippen molar-refractivity contribution in [2.24, 2.45) is 0 Å². The Morgan fingerprint density at radius 2 is 1.78 bits per heavy atom. The highest BCUT2D eigenvalue weighted by Gasteiger charge is 2.30. The molecule has 0 atom stereocenters. The van der Waals surface area contributed by atoms with Crippen molar-refractivity contribution in [3.05, 3.63) is 69.3 Å². The Morgan fingerprint density at radius 1 is 1.03 bits per heavy atom. The zero-order chi connectivity index (χ0) is 25.5.